The van der Waals surface area contributed by atoms with Crippen molar-refractivity contribution in [2.45, 2.75) is 41.0 Å². The highest BCUT2D eigenvalue weighted by Gasteiger charge is 2.63. The number of rotatable bonds is 6. The summed E-state index contributed by atoms with van der Waals surface area (Å²) in [5.41, 5.74) is -3.59. The number of aliphatic carboxylic acids is 3. The maximum atomic E-state index is 11.6. The molecule has 1 unspecified atom stereocenters. The molecule has 1 atom stereocenters. The molecule has 0 rings (SSSR count). The largest absolute Gasteiger partial charge is 0.481 e. The summed E-state index contributed by atoms with van der Waals surface area (Å²) in [4.78, 5) is 34.6. The first-order valence-electron chi connectivity index (χ1n) is 6.08. The first-order valence-corrected chi connectivity index (χ1v) is 6.08. The minimum Gasteiger partial charge on any atom is -0.481 e. The van der Waals surface area contributed by atoms with E-state index in [0.717, 1.165) is 0 Å². The Hall–Kier alpha value is -1.59. The maximum absolute atomic E-state index is 11.6. The Morgan fingerprint density at radius 3 is 1.47 bits per heavy atom. The average Bonchev–Trinajstić information content (AvgIpc) is 2.12. The van der Waals surface area contributed by atoms with Crippen LogP contribution in [0.5, 0.6) is 0 Å². The lowest BCUT2D eigenvalue weighted by atomic mass is 9.58. The Labute approximate surface area is 112 Å². The van der Waals surface area contributed by atoms with Crippen LogP contribution in [-0.2, 0) is 14.4 Å². The van der Waals surface area contributed by atoms with Gasteiger partial charge in [0.25, 0.3) is 0 Å². The summed E-state index contributed by atoms with van der Waals surface area (Å²) in [5, 5.41) is 28.1. The molecule has 0 amide bonds. The van der Waals surface area contributed by atoms with Crippen molar-refractivity contribution in [3.63, 3.8) is 0 Å². The molecule has 0 aromatic carbocycles. The standard InChI is InChI=1S/C13H22O6/c1-7(2)6-8(9(14)15)13(10(16)17,11(18)19)12(3,4)5/h7-8H,6H2,1-5H3,(H,14,15)(H,16,17)(H,18,19). The Bertz CT molecular complexity index is 363. The second-order valence-electron chi connectivity index (χ2n) is 6.19. The SMILES string of the molecule is CC(C)CC(C(=O)O)C(C(=O)O)(C(=O)O)C(C)(C)C. The first kappa shape index (κ1) is 17.4. The molecule has 0 saturated heterocycles. The summed E-state index contributed by atoms with van der Waals surface area (Å²) in [6.45, 7) is 7.77. The van der Waals surface area contributed by atoms with Gasteiger partial charge in [0.2, 0.25) is 0 Å². The molecular weight excluding hydrogens is 252 g/mol. The highest BCUT2D eigenvalue weighted by atomic mass is 16.4. The topological polar surface area (TPSA) is 112 Å². The van der Waals surface area contributed by atoms with E-state index in [1.54, 1.807) is 13.8 Å². The van der Waals surface area contributed by atoms with Crippen LogP contribution < -0.4 is 0 Å². The first-order chi connectivity index (χ1) is 8.38. The quantitative estimate of drug-likeness (QED) is 0.638. The zero-order valence-electron chi connectivity index (χ0n) is 11.9. The molecule has 0 fully saturated rings. The van der Waals surface area contributed by atoms with Crippen molar-refractivity contribution >= 4 is 17.9 Å². The summed E-state index contributed by atoms with van der Waals surface area (Å²) in [7, 11) is 0. The zero-order chi connectivity index (χ0) is 15.6. The van der Waals surface area contributed by atoms with Gasteiger partial charge in [0.05, 0.1) is 5.92 Å². The molecule has 0 bridgehead atoms. The number of hydrogen-bond acceptors (Lipinski definition) is 3. The second kappa shape index (κ2) is 5.59. The van der Waals surface area contributed by atoms with E-state index in [-0.39, 0.29) is 12.3 Å². The van der Waals surface area contributed by atoms with Gasteiger partial charge in [-0.1, -0.05) is 34.6 Å². The summed E-state index contributed by atoms with van der Waals surface area (Å²) >= 11 is 0. The third-order valence-corrected chi connectivity index (χ3v) is 3.39. The van der Waals surface area contributed by atoms with Gasteiger partial charge in [-0.15, -0.1) is 0 Å². The van der Waals surface area contributed by atoms with Gasteiger partial charge < -0.3 is 15.3 Å². The molecule has 19 heavy (non-hydrogen) atoms. The van der Waals surface area contributed by atoms with Crippen molar-refractivity contribution in [1.29, 1.82) is 0 Å². The summed E-state index contributed by atoms with van der Waals surface area (Å²) in [6, 6.07) is 0. The fourth-order valence-corrected chi connectivity index (χ4v) is 2.49. The van der Waals surface area contributed by atoms with Crippen molar-refractivity contribution in [3.05, 3.63) is 0 Å². The van der Waals surface area contributed by atoms with E-state index >= 15 is 0 Å². The molecule has 0 aliphatic heterocycles. The summed E-state index contributed by atoms with van der Waals surface area (Å²) < 4.78 is 0. The van der Waals surface area contributed by atoms with Crippen LogP contribution in [-0.4, -0.2) is 33.2 Å². The van der Waals surface area contributed by atoms with Crippen LogP contribution in [0.2, 0.25) is 0 Å². The van der Waals surface area contributed by atoms with Crippen LogP contribution >= 0.6 is 0 Å². The van der Waals surface area contributed by atoms with E-state index in [0.29, 0.717) is 0 Å². The van der Waals surface area contributed by atoms with Crippen LogP contribution in [0.4, 0.5) is 0 Å². The second-order valence-corrected chi connectivity index (χ2v) is 6.19. The molecule has 0 aromatic heterocycles. The molecule has 0 aromatic rings. The Morgan fingerprint density at radius 1 is 0.947 bits per heavy atom. The smallest absolute Gasteiger partial charge is 0.322 e. The van der Waals surface area contributed by atoms with Crippen molar-refractivity contribution in [1.82, 2.24) is 0 Å². The van der Waals surface area contributed by atoms with E-state index in [4.69, 9.17) is 0 Å². The third kappa shape index (κ3) is 3.05. The lowest BCUT2D eigenvalue weighted by Gasteiger charge is -2.41. The average molecular weight is 274 g/mol. The third-order valence-electron chi connectivity index (χ3n) is 3.39. The Morgan fingerprint density at radius 2 is 1.32 bits per heavy atom. The molecule has 6 nitrogen and oxygen atoms in total. The van der Waals surface area contributed by atoms with Crippen LogP contribution in [0.3, 0.4) is 0 Å². The van der Waals surface area contributed by atoms with E-state index in [1.165, 1.54) is 20.8 Å². The van der Waals surface area contributed by atoms with Crippen molar-refractivity contribution in [2.24, 2.45) is 22.7 Å². The van der Waals surface area contributed by atoms with Gasteiger partial charge in [-0.2, -0.15) is 0 Å². The molecule has 6 heteroatoms. The maximum Gasteiger partial charge on any atom is 0.322 e. The van der Waals surface area contributed by atoms with E-state index in [1.807, 2.05) is 0 Å². The monoisotopic (exact) mass is 274 g/mol. The fraction of sp³-hybridized carbons (Fsp3) is 0.769. The molecule has 0 aliphatic rings. The number of carboxylic acids is 3. The molecule has 0 saturated carbocycles. The van der Waals surface area contributed by atoms with Gasteiger partial charge in [-0.25, -0.2) is 0 Å². The van der Waals surface area contributed by atoms with E-state index in [2.05, 4.69) is 0 Å². The highest BCUT2D eigenvalue weighted by Crippen LogP contribution is 2.48. The van der Waals surface area contributed by atoms with Crippen LogP contribution in [0.15, 0.2) is 0 Å². The molecule has 0 aliphatic carbocycles. The van der Waals surface area contributed by atoms with Gasteiger partial charge in [-0.3, -0.25) is 14.4 Å². The molecular formula is C13H22O6. The zero-order valence-corrected chi connectivity index (χ0v) is 11.9. The van der Waals surface area contributed by atoms with Crippen LogP contribution in [0.1, 0.15) is 41.0 Å². The Balaban J connectivity index is 6.14. The van der Waals surface area contributed by atoms with Crippen LogP contribution in [0.25, 0.3) is 0 Å². The van der Waals surface area contributed by atoms with Gasteiger partial charge in [-0.05, 0) is 17.8 Å². The highest BCUT2D eigenvalue weighted by molar-refractivity contribution is 6.03. The molecule has 0 spiro atoms. The van der Waals surface area contributed by atoms with Crippen LogP contribution in [0, 0.1) is 22.7 Å². The number of carboxylic acid groups (broad SMARTS) is 3. The van der Waals surface area contributed by atoms with Crippen molar-refractivity contribution < 1.29 is 29.7 Å². The molecule has 0 radical (unpaired) electrons. The molecule has 0 heterocycles. The van der Waals surface area contributed by atoms with Gasteiger partial charge in [0, 0.05) is 0 Å². The predicted molar refractivity (Wildman–Crippen MR) is 67.7 cm³/mol. The minimum atomic E-state index is -2.36. The predicted octanol–water partition coefficient (Wildman–Crippen LogP) is 1.93. The number of hydrogen-bond donors (Lipinski definition) is 3. The molecule has 3 N–H and O–H groups in total. The van der Waals surface area contributed by atoms with Crippen molar-refractivity contribution in [2.75, 3.05) is 0 Å². The van der Waals surface area contributed by atoms with Crippen molar-refractivity contribution in [3.8, 4) is 0 Å². The van der Waals surface area contributed by atoms with E-state index < -0.39 is 34.7 Å². The van der Waals surface area contributed by atoms with Gasteiger partial charge in [0.1, 0.15) is 0 Å². The Kier molecular flexibility index (Phi) is 5.12. The van der Waals surface area contributed by atoms with Gasteiger partial charge >= 0.3 is 17.9 Å². The minimum absolute atomic E-state index is 0.00873. The summed E-state index contributed by atoms with van der Waals surface area (Å²) in [6.07, 6.45) is -0.00873. The van der Waals surface area contributed by atoms with Gasteiger partial charge in [0.15, 0.2) is 5.41 Å². The lowest BCUT2D eigenvalue weighted by Crippen LogP contribution is -2.57. The summed E-state index contributed by atoms with van der Waals surface area (Å²) in [5.74, 6) is -6.22. The normalized spacial score (nSPS) is 14.2. The fourth-order valence-electron chi connectivity index (χ4n) is 2.49. The molecule has 110 valence electrons. The lowest BCUT2D eigenvalue weighted by molar-refractivity contribution is -0.187. The van der Waals surface area contributed by atoms with E-state index in [9.17, 15) is 29.7 Å². The number of carbonyl (C=O) groups is 3.